The molecule has 0 radical (unpaired) electrons. The predicted octanol–water partition coefficient (Wildman–Crippen LogP) is 2.49. The van der Waals surface area contributed by atoms with E-state index in [0.717, 1.165) is 10.6 Å². The van der Waals surface area contributed by atoms with E-state index in [0.29, 0.717) is 21.7 Å². The van der Waals surface area contributed by atoms with Crippen molar-refractivity contribution in [2.45, 2.75) is 13.5 Å². The second-order valence-corrected chi connectivity index (χ2v) is 7.22. The minimum absolute atomic E-state index is 0.285. The SMILES string of the molecule is Cc1nc(-c2ccccc2)sc1C(=O)NNC(=O)Cn1c(=O)oc2ccccc21. The Bertz CT molecular complexity index is 1260. The van der Waals surface area contributed by atoms with E-state index in [2.05, 4.69) is 15.8 Å². The summed E-state index contributed by atoms with van der Waals surface area (Å²) < 4.78 is 6.29. The zero-order chi connectivity index (χ0) is 20.4. The van der Waals surface area contributed by atoms with Crippen LogP contribution in [0.1, 0.15) is 15.4 Å². The number of carbonyl (C=O) groups excluding carboxylic acids is 2. The molecule has 2 aromatic carbocycles. The number of nitrogens with one attached hydrogen (secondary N) is 2. The fourth-order valence-corrected chi connectivity index (χ4v) is 3.81. The fourth-order valence-electron chi connectivity index (χ4n) is 2.84. The van der Waals surface area contributed by atoms with E-state index in [-0.39, 0.29) is 6.54 Å². The van der Waals surface area contributed by atoms with Gasteiger partial charge in [0.25, 0.3) is 11.8 Å². The van der Waals surface area contributed by atoms with Crippen LogP contribution in [0.4, 0.5) is 0 Å². The van der Waals surface area contributed by atoms with Gasteiger partial charge in [0.05, 0.1) is 11.2 Å². The van der Waals surface area contributed by atoms with Crippen LogP contribution in [0.2, 0.25) is 0 Å². The lowest BCUT2D eigenvalue weighted by atomic mass is 10.2. The molecule has 2 amide bonds. The average molecular weight is 408 g/mol. The van der Waals surface area contributed by atoms with Crippen LogP contribution < -0.4 is 16.6 Å². The number of benzene rings is 2. The molecule has 2 aromatic heterocycles. The van der Waals surface area contributed by atoms with E-state index in [1.807, 2.05) is 30.3 Å². The van der Waals surface area contributed by atoms with Crippen molar-refractivity contribution in [2.75, 3.05) is 0 Å². The number of nitrogens with zero attached hydrogens (tertiary/aromatic N) is 2. The van der Waals surface area contributed by atoms with Gasteiger partial charge in [-0.25, -0.2) is 9.78 Å². The Balaban J connectivity index is 1.43. The van der Waals surface area contributed by atoms with Crippen molar-refractivity contribution < 1.29 is 14.0 Å². The molecule has 0 fully saturated rings. The van der Waals surface area contributed by atoms with Crippen LogP contribution >= 0.6 is 11.3 Å². The van der Waals surface area contributed by atoms with E-state index < -0.39 is 17.6 Å². The summed E-state index contributed by atoms with van der Waals surface area (Å²) >= 11 is 1.24. The molecule has 2 N–H and O–H groups in total. The maximum Gasteiger partial charge on any atom is 0.420 e. The molecule has 4 rings (SSSR count). The molecule has 9 heteroatoms. The summed E-state index contributed by atoms with van der Waals surface area (Å²) in [4.78, 5) is 41.4. The Labute approximate surface area is 168 Å². The third-order valence-corrected chi connectivity index (χ3v) is 5.42. The molecular formula is C20H16N4O4S. The molecule has 2 heterocycles. The summed E-state index contributed by atoms with van der Waals surface area (Å²) in [6.45, 7) is 1.45. The minimum Gasteiger partial charge on any atom is -0.408 e. The molecule has 0 spiro atoms. The van der Waals surface area contributed by atoms with Crippen molar-refractivity contribution in [2.24, 2.45) is 0 Å². The molecule has 29 heavy (non-hydrogen) atoms. The van der Waals surface area contributed by atoms with Gasteiger partial charge >= 0.3 is 5.76 Å². The van der Waals surface area contributed by atoms with Crippen molar-refractivity contribution in [3.8, 4) is 10.6 Å². The zero-order valence-corrected chi connectivity index (χ0v) is 16.2. The third kappa shape index (κ3) is 3.81. The lowest BCUT2D eigenvalue weighted by Gasteiger charge is -2.07. The van der Waals surface area contributed by atoms with Gasteiger partial charge in [0.2, 0.25) is 0 Å². The van der Waals surface area contributed by atoms with Gasteiger partial charge in [-0.15, -0.1) is 11.3 Å². The number of hydrogen-bond donors (Lipinski definition) is 2. The number of hydrogen-bond acceptors (Lipinski definition) is 6. The Morgan fingerprint density at radius 2 is 1.79 bits per heavy atom. The molecule has 4 aromatic rings. The first-order valence-corrected chi connectivity index (χ1v) is 9.55. The van der Waals surface area contributed by atoms with Crippen molar-refractivity contribution in [1.29, 1.82) is 0 Å². The van der Waals surface area contributed by atoms with E-state index in [1.165, 1.54) is 15.9 Å². The summed E-state index contributed by atoms with van der Waals surface area (Å²) in [7, 11) is 0. The quantitative estimate of drug-likeness (QED) is 0.505. The normalized spacial score (nSPS) is 10.8. The molecule has 0 saturated heterocycles. The summed E-state index contributed by atoms with van der Waals surface area (Å²) in [6, 6.07) is 16.3. The van der Waals surface area contributed by atoms with Crippen LogP contribution in [0.5, 0.6) is 0 Å². The first-order valence-electron chi connectivity index (χ1n) is 8.73. The van der Waals surface area contributed by atoms with Gasteiger partial charge in [-0.2, -0.15) is 0 Å². The highest BCUT2D eigenvalue weighted by molar-refractivity contribution is 7.17. The Morgan fingerprint density at radius 1 is 1.07 bits per heavy atom. The van der Waals surface area contributed by atoms with Gasteiger partial charge < -0.3 is 4.42 Å². The van der Waals surface area contributed by atoms with Crippen molar-refractivity contribution in [1.82, 2.24) is 20.4 Å². The highest BCUT2D eigenvalue weighted by Gasteiger charge is 2.18. The largest absolute Gasteiger partial charge is 0.420 e. The van der Waals surface area contributed by atoms with E-state index in [1.54, 1.807) is 31.2 Å². The van der Waals surface area contributed by atoms with Crippen LogP contribution in [0.25, 0.3) is 21.7 Å². The van der Waals surface area contributed by atoms with Crippen molar-refractivity contribution in [3.63, 3.8) is 0 Å². The monoisotopic (exact) mass is 408 g/mol. The van der Waals surface area contributed by atoms with Gasteiger partial charge in [0.15, 0.2) is 5.58 Å². The lowest BCUT2D eigenvalue weighted by Crippen LogP contribution is -2.43. The first kappa shape index (κ1) is 18.6. The Kier molecular flexibility index (Phi) is 4.96. The molecule has 8 nitrogen and oxygen atoms in total. The highest BCUT2D eigenvalue weighted by atomic mass is 32.1. The van der Waals surface area contributed by atoms with Gasteiger partial charge in [-0.1, -0.05) is 42.5 Å². The van der Waals surface area contributed by atoms with Crippen LogP contribution in [0.3, 0.4) is 0 Å². The number of aromatic nitrogens is 2. The third-order valence-electron chi connectivity index (χ3n) is 4.21. The number of thiazole rings is 1. The van der Waals surface area contributed by atoms with E-state index in [9.17, 15) is 14.4 Å². The number of carbonyl (C=O) groups is 2. The van der Waals surface area contributed by atoms with E-state index in [4.69, 9.17) is 4.42 Å². The van der Waals surface area contributed by atoms with Crippen LogP contribution in [0.15, 0.2) is 63.8 Å². The number of oxazole rings is 1. The van der Waals surface area contributed by atoms with Crippen molar-refractivity contribution >= 4 is 34.3 Å². The molecule has 0 atom stereocenters. The summed E-state index contributed by atoms with van der Waals surface area (Å²) in [6.07, 6.45) is 0. The first-order chi connectivity index (χ1) is 14.0. The Morgan fingerprint density at radius 3 is 2.59 bits per heavy atom. The molecule has 0 aliphatic heterocycles. The average Bonchev–Trinajstić information content (AvgIpc) is 3.27. The Hall–Kier alpha value is -3.72. The second-order valence-electron chi connectivity index (χ2n) is 6.22. The topological polar surface area (TPSA) is 106 Å². The van der Waals surface area contributed by atoms with E-state index >= 15 is 0 Å². The van der Waals surface area contributed by atoms with Gasteiger partial charge in [0.1, 0.15) is 16.4 Å². The second kappa shape index (κ2) is 7.72. The maximum absolute atomic E-state index is 12.5. The minimum atomic E-state index is -0.640. The lowest BCUT2D eigenvalue weighted by molar-refractivity contribution is -0.122. The molecule has 0 unspecified atom stereocenters. The van der Waals surface area contributed by atoms with Crippen molar-refractivity contribution in [3.05, 3.63) is 75.7 Å². The molecule has 146 valence electrons. The van der Waals surface area contributed by atoms with Crippen LogP contribution in [-0.4, -0.2) is 21.4 Å². The number of amides is 2. The number of fused-ring (bicyclic) bond motifs is 1. The summed E-state index contributed by atoms with van der Waals surface area (Å²) in [5, 5.41) is 0.719. The zero-order valence-electron chi connectivity index (χ0n) is 15.3. The predicted molar refractivity (Wildman–Crippen MR) is 108 cm³/mol. The molecule has 0 saturated carbocycles. The number of para-hydroxylation sites is 2. The van der Waals surface area contributed by atoms with Gasteiger partial charge in [-0.3, -0.25) is 25.0 Å². The standard InChI is InChI=1S/C20H16N4O4S/c1-12-17(29-19(21-12)13-7-3-2-4-8-13)18(26)23-22-16(25)11-24-14-9-5-6-10-15(14)28-20(24)27/h2-10H,11H2,1H3,(H,22,25)(H,23,26). The van der Waals surface area contributed by atoms with Gasteiger partial charge in [-0.05, 0) is 19.1 Å². The van der Waals surface area contributed by atoms with Gasteiger partial charge in [0, 0.05) is 5.56 Å². The fraction of sp³-hybridized carbons (Fsp3) is 0.100. The smallest absolute Gasteiger partial charge is 0.408 e. The van der Waals surface area contributed by atoms with Crippen LogP contribution in [0, 0.1) is 6.92 Å². The summed E-state index contributed by atoms with van der Waals surface area (Å²) in [5.41, 5.74) is 7.07. The molecule has 0 aliphatic rings. The molecule has 0 bridgehead atoms. The van der Waals surface area contributed by atoms with Crippen LogP contribution in [-0.2, 0) is 11.3 Å². The molecule has 0 aliphatic carbocycles. The highest BCUT2D eigenvalue weighted by Crippen LogP contribution is 2.27. The number of aryl methyl sites for hydroxylation is 1. The summed E-state index contributed by atoms with van der Waals surface area (Å²) in [5.74, 6) is -1.67. The number of rotatable bonds is 4. The maximum atomic E-state index is 12.5. The molecular weight excluding hydrogens is 392 g/mol. The number of hydrazine groups is 1.